The summed E-state index contributed by atoms with van der Waals surface area (Å²) in [6.45, 7) is 3.06. The normalized spacial score (nSPS) is 17.7. The maximum Gasteiger partial charge on any atom is 0.276 e. The van der Waals surface area contributed by atoms with Crippen LogP contribution in [0.25, 0.3) is 16.6 Å². The summed E-state index contributed by atoms with van der Waals surface area (Å²) in [6, 6.07) is 6.24. The minimum absolute atomic E-state index is 0.119. The zero-order valence-electron chi connectivity index (χ0n) is 19.4. The minimum atomic E-state index is -1.02. The number of para-hydroxylation sites is 1. The van der Waals surface area contributed by atoms with Crippen LogP contribution in [0.4, 0.5) is 24.5 Å². The third kappa shape index (κ3) is 3.88. The van der Waals surface area contributed by atoms with E-state index in [0.717, 1.165) is 30.3 Å². The number of carbonyl (C=O) groups excluding carboxylic acids is 1. The Kier molecular flexibility index (Phi) is 5.75. The van der Waals surface area contributed by atoms with Gasteiger partial charge in [0.2, 0.25) is 0 Å². The number of halogens is 3. The van der Waals surface area contributed by atoms with Gasteiger partial charge in [0.25, 0.3) is 11.5 Å². The fourth-order valence-corrected chi connectivity index (χ4v) is 4.48. The van der Waals surface area contributed by atoms with Gasteiger partial charge in [-0.25, -0.2) is 13.2 Å². The number of carbonyl (C=O) groups is 1. The van der Waals surface area contributed by atoms with Gasteiger partial charge in [0.15, 0.2) is 17.5 Å². The highest BCUT2D eigenvalue weighted by molar-refractivity contribution is 6.09. The Morgan fingerprint density at radius 2 is 1.81 bits per heavy atom. The number of aryl methyl sites for hydroxylation is 1. The molecule has 4 aromatic rings. The van der Waals surface area contributed by atoms with E-state index in [2.05, 4.69) is 15.5 Å². The van der Waals surface area contributed by atoms with Gasteiger partial charge in [-0.2, -0.15) is 14.9 Å². The first kappa shape index (κ1) is 23.5. The van der Waals surface area contributed by atoms with Gasteiger partial charge in [-0.3, -0.25) is 14.3 Å². The third-order valence-corrected chi connectivity index (χ3v) is 6.36. The van der Waals surface area contributed by atoms with Gasteiger partial charge in [0.1, 0.15) is 16.9 Å². The molecule has 12 heteroatoms. The lowest BCUT2D eigenvalue weighted by Gasteiger charge is -2.23. The van der Waals surface area contributed by atoms with Gasteiger partial charge in [-0.1, -0.05) is 13.0 Å². The maximum absolute atomic E-state index is 15.0. The predicted molar refractivity (Wildman–Crippen MR) is 128 cm³/mol. The molecule has 0 saturated carbocycles. The van der Waals surface area contributed by atoms with Crippen molar-refractivity contribution in [3.05, 3.63) is 76.1 Å². The van der Waals surface area contributed by atoms with Crippen LogP contribution >= 0.6 is 0 Å². The van der Waals surface area contributed by atoms with Crippen molar-refractivity contribution in [2.75, 3.05) is 23.3 Å². The van der Waals surface area contributed by atoms with Crippen LogP contribution in [0.15, 0.2) is 47.4 Å². The summed E-state index contributed by atoms with van der Waals surface area (Å²) < 4.78 is 45.5. The number of amides is 1. The quantitative estimate of drug-likeness (QED) is 0.449. The standard InChI is InChI=1S/C24H22F3N7O2/c1-12-10-33(11-17(12)28)22-13-9-29-32(2)21(13)16(27)8-19(22)30-24(36)18-6-7-20(35)34(31-18)23-14(25)4-3-5-15(23)26/h3-9,12,17H,10-11,28H2,1-2H3,(H,30,36)/t12-,17+/m1/s1. The summed E-state index contributed by atoms with van der Waals surface area (Å²) in [5.41, 5.74) is 5.32. The second-order valence-electron chi connectivity index (χ2n) is 8.82. The largest absolute Gasteiger partial charge is 0.367 e. The predicted octanol–water partition coefficient (Wildman–Crippen LogP) is 2.57. The number of nitrogens with two attached hydrogens (primary N) is 1. The fraction of sp³-hybridized carbons (Fsp3) is 0.250. The van der Waals surface area contributed by atoms with Crippen LogP contribution in [0, 0.1) is 23.4 Å². The van der Waals surface area contributed by atoms with Crippen molar-refractivity contribution in [2.45, 2.75) is 13.0 Å². The lowest BCUT2D eigenvalue weighted by Crippen LogP contribution is -2.29. The molecule has 2 aromatic heterocycles. The van der Waals surface area contributed by atoms with Crippen LogP contribution in [-0.4, -0.2) is 44.6 Å². The number of benzene rings is 2. The SMILES string of the molecule is C[C@@H]1CN(c2c(NC(=O)c3ccc(=O)n(-c4c(F)cccc4F)n3)cc(F)c3c2cnn3C)C[C@@H]1N. The molecule has 1 amide bonds. The van der Waals surface area contributed by atoms with Crippen molar-refractivity contribution >= 4 is 28.2 Å². The lowest BCUT2D eigenvalue weighted by molar-refractivity contribution is 0.102. The Labute approximate surface area is 202 Å². The van der Waals surface area contributed by atoms with E-state index in [4.69, 9.17) is 5.73 Å². The first-order valence-electron chi connectivity index (χ1n) is 11.2. The molecule has 0 aliphatic carbocycles. The lowest BCUT2D eigenvalue weighted by atomic mass is 10.1. The maximum atomic E-state index is 15.0. The molecule has 3 heterocycles. The van der Waals surface area contributed by atoms with Gasteiger partial charge in [-0.05, 0) is 24.1 Å². The highest BCUT2D eigenvalue weighted by atomic mass is 19.1. The fourth-order valence-electron chi connectivity index (χ4n) is 4.48. The average Bonchev–Trinajstić information content (AvgIpc) is 3.37. The molecule has 2 atom stereocenters. The number of aromatic nitrogens is 4. The molecule has 1 fully saturated rings. The topological polar surface area (TPSA) is 111 Å². The second kappa shape index (κ2) is 8.79. The number of nitrogens with zero attached hydrogens (tertiary/aromatic N) is 5. The number of hydrogen-bond donors (Lipinski definition) is 2. The Morgan fingerprint density at radius 1 is 1.08 bits per heavy atom. The number of nitrogens with one attached hydrogen (secondary N) is 1. The molecule has 36 heavy (non-hydrogen) atoms. The molecular weight excluding hydrogens is 475 g/mol. The van der Waals surface area contributed by atoms with E-state index in [0.29, 0.717) is 28.8 Å². The van der Waals surface area contributed by atoms with E-state index in [-0.39, 0.29) is 28.9 Å². The van der Waals surface area contributed by atoms with Gasteiger partial charge in [-0.15, -0.1) is 0 Å². The van der Waals surface area contributed by atoms with Crippen LogP contribution in [-0.2, 0) is 7.05 Å². The van der Waals surface area contributed by atoms with E-state index in [1.165, 1.54) is 16.9 Å². The molecule has 9 nitrogen and oxygen atoms in total. The molecule has 5 rings (SSSR count). The van der Waals surface area contributed by atoms with Crippen molar-refractivity contribution in [1.29, 1.82) is 0 Å². The highest BCUT2D eigenvalue weighted by Gasteiger charge is 2.31. The Balaban J connectivity index is 1.58. The average molecular weight is 497 g/mol. The molecule has 0 bridgehead atoms. The van der Waals surface area contributed by atoms with Crippen molar-refractivity contribution in [2.24, 2.45) is 18.7 Å². The van der Waals surface area contributed by atoms with Crippen molar-refractivity contribution < 1.29 is 18.0 Å². The highest BCUT2D eigenvalue weighted by Crippen LogP contribution is 2.39. The Morgan fingerprint density at radius 3 is 2.47 bits per heavy atom. The molecule has 0 radical (unpaired) electrons. The summed E-state index contributed by atoms with van der Waals surface area (Å²) >= 11 is 0. The molecule has 186 valence electrons. The number of rotatable bonds is 4. The van der Waals surface area contributed by atoms with Gasteiger partial charge < -0.3 is 16.0 Å². The second-order valence-corrected chi connectivity index (χ2v) is 8.82. The van der Waals surface area contributed by atoms with Crippen LogP contribution < -0.4 is 21.5 Å². The van der Waals surface area contributed by atoms with Crippen LogP contribution in [0.3, 0.4) is 0 Å². The number of fused-ring (bicyclic) bond motifs is 1. The van der Waals surface area contributed by atoms with Gasteiger partial charge in [0.05, 0.1) is 17.6 Å². The Hall–Kier alpha value is -4.19. The third-order valence-electron chi connectivity index (χ3n) is 6.36. The zero-order valence-corrected chi connectivity index (χ0v) is 19.4. The molecule has 3 N–H and O–H groups in total. The molecule has 0 unspecified atom stereocenters. The Bertz CT molecular complexity index is 1540. The molecule has 1 aliphatic rings. The van der Waals surface area contributed by atoms with Crippen LogP contribution in [0.1, 0.15) is 17.4 Å². The van der Waals surface area contributed by atoms with Crippen LogP contribution in [0.5, 0.6) is 0 Å². The molecule has 0 spiro atoms. The van der Waals surface area contributed by atoms with Crippen molar-refractivity contribution in [3.8, 4) is 5.69 Å². The van der Waals surface area contributed by atoms with Crippen molar-refractivity contribution in [3.63, 3.8) is 0 Å². The number of hydrogen-bond acceptors (Lipinski definition) is 6. The first-order valence-corrected chi connectivity index (χ1v) is 11.2. The summed E-state index contributed by atoms with van der Waals surface area (Å²) in [7, 11) is 1.61. The van der Waals surface area contributed by atoms with Crippen molar-refractivity contribution in [1.82, 2.24) is 19.6 Å². The molecule has 1 aliphatic heterocycles. The summed E-state index contributed by atoms with van der Waals surface area (Å²) in [4.78, 5) is 27.4. The molecular formula is C24H22F3N7O2. The van der Waals surface area contributed by atoms with Crippen LogP contribution in [0.2, 0.25) is 0 Å². The van der Waals surface area contributed by atoms with Gasteiger partial charge >= 0.3 is 0 Å². The number of anilines is 2. The van der Waals surface area contributed by atoms with E-state index >= 15 is 4.39 Å². The van der Waals surface area contributed by atoms with E-state index in [9.17, 15) is 18.4 Å². The monoisotopic (exact) mass is 497 g/mol. The molecule has 1 saturated heterocycles. The van der Waals surface area contributed by atoms with E-state index in [1.54, 1.807) is 7.05 Å². The summed E-state index contributed by atoms with van der Waals surface area (Å²) in [6.07, 6.45) is 1.51. The van der Waals surface area contributed by atoms with Gasteiger partial charge in [0, 0.05) is 43.7 Å². The molecule has 2 aromatic carbocycles. The first-order chi connectivity index (χ1) is 17.2. The summed E-state index contributed by atoms with van der Waals surface area (Å²) in [5, 5.41) is 11.2. The zero-order chi connectivity index (χ0) is 25.7. The van der Waals surface area contributed by atoms with E-state index < -0.39 is 34.6 Å². The summed E-state index contributed by atoms with van der Waals surface area (Å²) in [5.74, 6) is -3.29. The smallest absolute Gasteiger partial charge is 0.276 e. The minimum Gasteiger partial charge on any atom is -0.367 e. The van der Waals surface area contributed by atoms with E-state index in [1.807, 2.05) is 11.8 Å².